The highest BCUT2D eigenvalue weighted by Gasteiger charge is 2.29. The third kappa shape index (κ3) is 3.86. The highest BCUT2D eigenvalue weighted by Crippen LogP contribution is 2.41. The Morgan fingerprint density at radius 3 is 2.09 bits per heavy atom. The van der Waals surface area contributed by atoms with Gasteiger partial charge in [-0.3, -0.25) is 0 Å². The third-order valence-electron chi connectivity index (χ3n) is 4.18. The molecular formula is C23H32. The van der Waals surface area contributed by atoms with Crippen LogP contribution in [-0.4, -0.2) is 0 Å². The molecule has 0 heterocycles. The molecule has 0 amide bonds. The summed E-state index contributed by atoms with van der Waals surface area (Å²) in [6.45, 7) is 12.8. The molecule has 0 aromatic heterocycles. The zero-order valence-corrected chi connectivity index (χ0v) is 15.5. The van der Waals surface area contributed by atoms with Crippen LogP contribution in [0.1, 0.15) is 82.0 Å². The Hall–Kier alpha value is -1.56. The Bertz CT molecular complexity index is 716. The first kappa shape index (κ1) is 13.8. The maximum Gasteiger partial charge on any atom is 0.0347 e. The van der Waals surface area contributed by atoms with E-state index in [0.717, 1.165) is 27.8 Å². The van der Waals surface area contributed by atoms with E-state index in [9.17, 15) is 0 Å². The predicted octanol–water partition coefficient (Wildman–Crippen LogP) is 7.07. The summed E-state index contributed by atoms with van der Waals surface area (Å²) in [4.78, 5) is 0. The quantitative estimate of drug-likeness (QED) is 0.556. The zero-order valence-electron chi connectivity index (χ0n) is 18.5. The third-order valence-corrected chi connectivity index (χ3v) is 4.18. The van der Waals surface area contributed by atoms with Crippen LogP contribution in [-0.2, 0) is 10.8 Å². The van der Waals surface area contributed by atoms with Gasteiger partial charge in [0, 0.05) is 4.11 Å². The van der Waals surface area contributed by atoms with E-state index >= 15 is 0 Å². The number of benzene rings is 2. The summed E-state index contributed by atoms with van der Waals surface area (Å²) in [5.74, 6) is -0.986. The molecule has 0 fully saturated rings. The van der Waals surface area contributed by atoms with Gasteiger partial charge in [0.1, 0.15) is 0 Å². The molecule has 0 saturated carbocycles. The molecule has 23 heavy (non-hydrogen) atoms. The van der Waals surface area contributed by atoms with Gasteiger partial charge in [-0.05, 0) is 44.5 Å². The molecular weight excluding hydrogens is 276 g/mol. The van der Waals surface area contributed by atoms with Gasteiger partial charge in [-0.25, -0.2) is 0 Å². The summed E-state index contributed by atoms with van der Waals surface area (Å²) in [6, 6.07) is 14.5. The van der Waals surface area contributed by atoms with Crippen LogP contribution in [0.25, 0.3) is 11.1 Å². The summed E-state index contributed by atoms with van der Waals surface area (Å²) in [5, 5.41) is 0. The van der Waals surface area contributed by atoms with E-state index in [1.54, 1.807) is 0 Å². The minimum absolute atomic E-state index is 0.00899. The van der Waals surface area contributed by atoms with Crippen molar-refractivity contribution in [1.82, 2.24) is 0 Å². The molecule has 2 aromatic carbocycles. The molecule has 0 radical (unpaired) electrons. The lowest BCUT2D eigenvalue weighted by atomic mass is 9.70. The van der Waals surface area contributed by atoms with Gasteiger partial charge in [-0.2, -0.15) is 0 Å². The van der Waals surface area contributed by atoms with Crippen molar-refractivity contribution in [2.24, 2.45) is 0 Å². The van der Waals surface area contributed by atoms with Crippen molar-refractivity contribution in [3.63, 3.8) is 0 Å². The average molecular weight is 312 g/mol. The molecule has 1 atom stereocenters. The largest absolute Gasteiger partial charge is 0.0622 e. The second-order valence-corrected chi connectivity index (χ2v) is 8.23. The predicted molar refractivity (Wildman–Crippen MR) is 103 cm³/mol. The van der Waals surface area contributed by atoms with E-state index in [1.165, 1.54) is 0 Å². The van der Waals surface area contributed by atoms with E-state index in [-0.39, 0.29) is 24.6 Å². The Labute approximate surface area is 147 Å². The van der Waals surface area contributed by atoms with Crippen LogP contribution in [0.2, 0.25) is 0 Å². The van der Waals surface area contributed by atoms with Gasteiger partial charge in [0.15, 0.2) is 0 Å². The number of hydrogen-bond acceptors (Lipinski definition) is 0. The smallest absolute Gasteiger partial charge is 0.0347 e. The van der Waals surface area contributed by atoms with E-state index in [0.29, 0.717) is 0 Å². The number of rotatable bonds is 2. The van der Waals surface area contributed by atoms with Gasteiger partial charge in [-0.1, -0.05) is 97.8 Å². The maximum absolute atomic E-state index is 8.82. The molecule has 0 bridgehead atoms. The van der Waals surface area contributed by atoms with Crippen molar-refractivity contribution in [3.8, 4) is 11.1 Å². The van der Waals surface area contributed by atoms with Crippen LogP contribution in [0, 0.1) is 0 Å². The summed E-state index contributed by atoms with van der Waals surface area (Å²) in [5.41, 5.74) is 4.86. The SMILES string of the molecule is [2H]CC([2H])(C)c1cc(-c2ccccc2)cc(C(C)(C)C[2H])c1C(C)(C)C. The normalized spacial score (nSPS) is 17.0. The van der Waals surface area contributed by atoms with E-state index < -0.39 is 5.89 Å². The fraction of sp³-hybridized carbons (Fsp3) is 0.478. The highest BCUT2D eigenvalue weighted by atomic mass is 14.3. The molecule has 2 aromatic rings. The Morgan fingerprint density at radius 1 is 0.913 bits per heavy atom. The minimum Gasteiger partial charge on any atom is -0.0622 e. The molecule has 0 aliphatic carbocycles. The van der Waals surface area contributed by atoms with Crippen LogP contribution in [0.5, 0.6) is 0 Å². The summed E-state index contributed by atoms with van der Waals surface area (Å²) in [7, 11) is 0. The summed E-state index contributed by atoms with van der Waals surface area (Å²) < 4.78 is 24.9. The molecule has 124 valence electrons. The average Bonchev–Trinajstić information content (AvgIpc) is 2.60. The molecule has 0 aliphatic heterocycles. The lowest BCUT2D eigenvalue weighted by Gasteiger charge is -2.34. The van der Waals surface area contributed by atoms with Crippen LogP contribution in [0.4, 0.5) is 0 Å². The van der Waals surface area contributed by atoms with Crippen LogP contribution in [0.3, 0.4) is 0 Å². The topological polar surface area (TPSA) is 0 Å². The van der Waals surface area contributed by atoms with Gasteiger partial charge in [0.25, 0.3) is 0 Å². The standard InChI is InChI=1S/C23H32/c1-16(2)19-14-18(17-12-10-9-11-13-17)15-20(22(3,4)5)21(19)23(6,7)8/h9-16H,1-8H3/i1D,3D,16D. The van der Waals surface area contributed by atoms with Gasteiger partial charge < -0.3 is 0 Å². The minimum atomic E-state index is -0.986. The summed E-state index contributed by atoms with van der Waals surface area (Å²) in [6.07, 6.45) is 0. The van der Waals surface area contributed by atoms with E-state index in [4.69, 9.17) is 4.11 Å². The lowest BCUT2D eigenvalue weighted by Crippen LogP contribution is -2.24. The van der Waals surface area contributed by atoms with Crippen molar-refractivity contribution in [2.45, 2.75) is 72.1 Å². The van der Waals surface area contributed by atoms with Crippen molar-refractivity contribution < 1.29 is 4.11 Å². The molecule has 0 aliphatic rings. The highest BCUT2D eigenvalue weighted by molar-refractivity contribution is 5.68. The van der Waals surface area contributed by atoms with Crippen molar-refractivity contribution in [2.75, 3.05) is 0 Å². The van der Waals surface area contributed by atoms with Crippen molar-refractivity contribution >= 4 is 0 Å². The van der Waals surface area contributed by atoms with Crippen LogP contribution in [0.15, 0.2) is 42.5 Å². The fourth-order valence-corrected chi connectivity index (χ4v) is 3.12. The lowest BCUT2D eigenvalue weighted by molar-refractivity contribution is 0.522. The first-order valence-electron chi connectivity index (χ1n) is 10.2. The van der Waals surface area contributed by atoms with Gasteiger partial charge >= 0.3 is 0 Å². The molecule has 0 N–H and O–H groups in total. The Balaban J connectivity index is 2.94. The van der Waals surface area contributed by atoms with Crippen molar-refractivity contribution in [3.05, 3.63) is 59.2 Å². The second-order valence-electron chi connectivity index (χ2n) is 8.23. The van der Waals surface area contributed by atoms with Crippen LogP contribution >= 0.6 is 0 Å². The maximum atomic E-state index is 8.82. The molecule has 0 saturated heterocycles. The van der Waals surface area contributed by atoms with Crippen LogP contribution < -0.4 is 0 Å². The van der Waals surface area contributed by atoms with E-state index in [2.05, 4.69) is 58.9 Å². The monoisotopic (exact) mass is 311 g/mol. The first-order valence-corrected chi connectivity index (χ1v) is 8.27. The Kier molecular flexibility index (Phi) is 3.70. The van der Waals surface area contributed by atoms with Crippen molar-refractivity contribution in [1.29, 1.82) is 0 Å². The van der Waals surface area contributed by atoms with Gasteiger partial charge in [0.05, 0.1) is 0 Å². The Morgan fingerprint density at radius 2 is 1.57 bits per heavy atom. The molecule has 2 rings (SSSR count). The molecule has 1 unspecified atom stereocenters. The first-order chi connectivity index (χ1) is 11.9. The molecule has 0 spiro atoms. The summed E-state index contributed by atoms with van der Waals surface area (Å²) >= 11 is 0. The zero-order chi connectivity index (χ0) is 19.8. The van der Waals surface area contributed by atoms with Gasteiger partial charge in [0.2, 0.25) is 0 Å². The van der Waals surface area contributed by atoms with Gasteiger partial charge in [-0.15, -0.1) is 0 Å². The molecule has 0 heteroatoms. The number of hydrogen-bond donors (Lipinski definition) is 0. The molecule has 0 nitrogen and oxygen atoms in total. The van der Waals surface area contributed by atoms with E-state index in [1.807, 2.05) is 25.1 Å². The second kappa shape index (κ2) is 6.15. The fourth-order valence-electron chi connectivity index (χ4n) is 3.12.